The minimum absolute atomic E-state index is 0.0614. The molecule has 5 aliphatic heterocycles. The summed E-state index contributed by atoms with van der Waals surface area (Å²) < 4.78 is 60.5. The summed E-state index contributed by atoms with van der Waals surface area (Å²) in [6, 6.07) is 11.6. The molecule has 324 valence electrons. The van der Waals surface area contributed by atoms with E-state index < -0.39 is 60.3 Å². The van der Waals surface area contributed by atoms with Crippen molar-refractivity contribution in [3.63, 3.8) is 0 Å². The number of hydrogen-bond acceptors (Lipinski definition) is 7. The first-order chi connectivity index (χ1) is 29.8. The van der Waals surface area contributed by atoms with E-state index in [0.717, 1.165) is 45.3 Å². The van der Waals surface area contributed by atoms with Crippen LogP contribution in [0.3, 0.4) is 0 Å². The fourth-order valence-corrected chi connectivity index (χ4v) is 11.4. The highest BCUT2D eigenvalue weighted by atomic mass is 19.3. The Morgan fingerprint density at radius 2 is 1.48 bits per heavy atom. The molecule has 3 aromatic carbocycles. The van der Waals surface area contributed by atoms with Gasteiger partial charge in [-0.25, -0.2) is 17.6 Å². The van der Waals surface area contributed by atoms with Crippen LogP contribution in [0.15, 0.2) is 48.5 Å². The van der Waals surface area contributed by atoms with Crippen LogP contribution in [0.1, 0.15) is 124 Å². The average molecular weight is 853 g/mol. The maximum atomic E-state index is 16.3. The molecule has 1 unspecified atom stereocenters. The molecule has 1 aromatic heterocycles. The number of piperidine rings is 2. The molecule has 0 bridgehead atoms. The van der Waals surface area contributed by atoms with E-state index in [2.05, 4.69) is 15.2 Å². The van der Waals surface area contributed by atoms with Gasteiger partial charge in [0.05, 0.1) is 23.7 Å². The number of para-hydroxylation sites is 1. The second kappa shape index (κ2) is 15.7. The van der Waals surface area contributed by atoms with Crippen molar-refractivity contribution in [2.24, 2.45) is 5.92 Å². The number of aromatic nitrogens is 1. The second-order valence-electron chi connectivity index (χ2n) is 18.1. The summed E-state index contributed by atoms with van der Waals surface area (Å²) in [5.74, 6) is -3.83. The van der Waals surface area contributed by atoms with Gasteiger partial charge < -0.3 is 9.88 Å². The van der Waals surface area contributed by atoms with Gasteiger partial charge in [0.1, 0.15) is 17.7 Å². The minimum Gasteiger partial charge on any atom is -0.357 e. The molecule has 10 rings (SSSR count). The first-order valence-corrected chi connectivity index (χ1v) is 21.9. The zero-order chi connectivity index (χ0) is 43.1. The Balaban J connectivity index is 0.757. The van der Waals surface area contributed by atoms with E-state index >= 15 is 8.78 Å². The van der Waals surface area contributed by atoms with Crippen molar-refractivity contribution in [3.8, 4) is 0 Å². The zero-order valence-electron chi connectivity index (χ0n) is 34.4. The molecular formula is C47H48F4N6O5. The van der Waals surface area contributed by atoms with Gasteiger partial charge in [-0.05, 0) is 117 Å². The molecule has 0 radical (unpaired) electrons. The zero-order valence-corrected chi connectivity index (χ0v) is 34.4. The number of H-pyrrole nitrogens is 1. The van der Waals surface area contributed by atoms with Crippen molar-refractivity contribution in [2.45, 2.75) is 114 Å². The molecule has 1 aliphatic carbocycles. The topological polar surface area (TPSA) is 126 Å². The van der Waals surface area contributed by atoms with Crippen molar-refractivity contribution in [1.82, 2.24) is 29.9 Å². The third kappa shape index (κ3) is 6.91. The number of amides is 5. The smallest absolute Gasteiger partial charge is 0.262 e. The van der Waals surface area contributed by atoms with Crippen LogP contribution in [0, 0.1) is 17.6 Å². The minimum atomic E-state index is -2.68. The van der Waals surface area contributed by atoms with Crippen molar-refractivity contribution in [3.05, 3.63) is 105 Å². The van der Waals surface area contributed by atoms with Gasteiger partial charge in [-0.1, -0.05) is 18.2 Å². The lowest BCUT2D eigenvalue weighted by atomic mass is 9.77. The second-order valence-corrected chi connectivity index (χ2v) is 18.1. The number of halogens is 4. The summed E-state index contributed by atoms with van der Waals surface area (Å²) in [5.41, 5.74) is 5.00. The summed E-state index contributed by atoms with van der Waals surface area (Å²) in [4.78, 5) is 74.7. The third-order valence-electron chi connectivity index (χ3n) is 14.6. The van der Waals surface area contributed by atoms with Crippen LogP contribution in [-0.2, 0) is 33.9 Å². The molecule has 11 nitrogen and oxygen atoms in total. The molecule has 1 saturated carbocycles. The van der Waals surface area contributed by atoms with Gasteiger partial charge in [0, 0.05) is 72.8 Å². The standard InChI is InChI=1S/C47H48F4N6O5/c1-24-16-32-31-4-2-3-5-37(31)52-42(32)43(56(24)23-39(50)51)41-35(48)19-27(20-36(41)49)25-6-8-26(9-7-25)45(60)54-14-12-30(13-15-54)55-21-28-17-33-34(18-29(28)22-55)47(62)57(46(33)61)38-10-11-40(58)53-44(38)59/h2-5,17-20,24-26,30,38-39,43,52H,6-16,21-23H2,1H3,(H,53,58,59)/t24-,25?,26?,38?,43-/m1/s1. The van der Waals surface area contributed by atoms with E-state index in [0.29, 0.717) is 69.5 Å². The summed E-state index contributed by atoms with van der Waals surface area (Å²) >= 11 is 0. The summed E-state index contributed by atoms with van der Waals surface area (Å²) in [5, 5.41) is 3.15. The number of fused-ring (bicyclic) bond motifs is 5. The molecule has 4 aromatic rings. The molecule has 62 heavy (non-hydrogen) atoms. The molecule has 3 atom stereocenters. The highest BCUT2D eigenvalue weighted by molar-refractivity contribution is 6.23. The lowest BCUT2D eigenvalue weighted by Crippen LogP contribution is -2.54. The molecule has 15 heteroatoms. The Morgan fingerprint density at radius 3 is 2.11 bits per heavy atom. The quantitative estimate of drug-likeness (QED) is 0.156. The Morgan fingerprint density at radius 1 is 0.839 bits per heavy atom. The van der Waals surface area contributed by atoms with Gasteiger partial charge in [0.25, 0.3) is 18.2 Å². The van der Waals surface area contributed by atoms with Crippen LogP contribution in [0.2, 0.25) is 0 Å². The Bertz CT molecular complexity index is 2460. The molecule has 6 heterocycles. The summed E-state index contributed by atoms with van der Waals surface area (Å²) in [6.07, 6.45) is 1.90. The number of carbonyl (C=O) groups is 5. The van der Waals surface area contributed by atoms with Crippen molar-refractivity contribution >= 4 is 40.4 Å². The summed E-state index contributed by atoms with van der Waals surface area (Å²) in [7, 11) is 0. The predicted molar refractivity (Wildman–Crippen MR) is 219 cm³/mol. The number of imide groups is 2. The largest absolute Gasteiger partial charge is 0.357 e. The van der Waals surface area contributed by atoms with Gasteiger partial charge >= 0.3 is 0 Å². The SMILES string of the molecule is C[C@@H]1Cc2c([nH]c3ccccc23)[C@@H](c2c(F)cc(C3CCC(C(=O)N4CCC(N5Cc6cc7c(cc6C5)C(=O)N(C5CCC(=O)NC5=O)C7=O)CC4)CC3)cc2F)N1CC(F)F. The first kappa shape index (κ1) is 40.6. The normalized spacial score (nSPS) is 26.1. The number of benzene rings is 3. The van der Waals surface area contributed by atoms with Crippen LogP contribution >= 0.6 is 0 Å². The summed E-state index contributed by atoms with van der Waals surface area (Å²) in [6.45, 7) is 3.61. The first-order valence-electron chi connectivity index (χ1n) is 21.9. The predicted octanol–water partition coefficient (Wildman–Crippen LogP) is 6.73. The monoisotopic (exact) mass is 852 g/mol. The average Bonchev–Trinajstić information content (AvgIpc) is 3.92. The van der Waals surface area contributed by atoms with Crippen molar-refractivity contribution < 1.29 is 41.5 Å². The van der Waals surface area contributed by atoms with E-state index in [1.54, 1.807) is 12.1 Å². The van der Waals surface area contributed by atoms with E-state index in [4.69, 9.17) is 0 Å². The number of hydrogen-bond donors (Lipinski definition) is 2. The van der Waals surface area contributed by atoms with Crippen molar-refractivity contribution in [1.29, 1.82) is 0 Å². The number of nitrogens with zero attached hydrogens (tertiary/aromatic N) is 4. The number of carbonyl (C=O) groups excluding carboxylic acids is 5. The fourth-order valence-electron chi connectivity index (χ4n) is 11.4. The van der Waals surface area contributed by atoms with Gasteiger partial charge in [-0.15, -0.1) is 0 Å². The number of alkyl halides is 2. The fraction of sp³-hybridized carbons (Fsp3) is 0.468. The maximum absolute atomic E-state index is 16.3. The highest BCUT2D eigenvalue weighted by Gasteiger charge is 2.46. The van der Waals surface area contributed by atoms with Crippen LogP contribution in [0.25, 0.3) is 10.9 Å². The van der Waals surface area contributed by atoms with Gasteiger partial charge in [0.15, 0.2) is 0 Å². The van der Waals surface area contributed by atoms with Gasteiger partial charge in [0.2, 0.25) is 17.7 Å². The van der Waals surface area contributed by atoms with E-state index in [1.807, 2.05) is 36.1 Å². The van der Waals surface area contributed by atoms with Crippen molar-refractivity contribution in [2.75, 3.05) is 19.6 Å². The van der Waals surface area contributed by atoms with Crippen LogP contribution < -0.4 is 5.32 Å². The van der Waals surface area contributed by atoms with E-state index in [1.165, 1.54) is 17.0 Å². The number of nitrogens with one attached hydrogen (secondary N) is 2. The maximum Gasteiger partial charge on any atom is 0.262 e. The molecule has 2 N–H and O–H groups in total. The molecule has 2 saturated heterocycles. The van der Waals surface area contributed by atoms with Gasteiger partial charge in [-0.2, -0.15) is 0 Å². The third-order valence-corrected chi connectivity index (χ3v) is 14.6. The number of rotatable bonds is 7. The van der Waals surface area contributed by atoms with E-state index in [9.17, 15) is 32.8 Å². The Hall–Kier alpha value is -5.41. The lowest BCUT2D eigenvalue weighted by Gasteiger charge is -2.41. The molecule has 6 aliphatic rings. The Kier molecular flexibility index (Phi) is 10.3. The molecule has 3 fully saturated rings. The van der Waals surface area contributed by atoms with Crippen LogP contribution in [0.4, 0.5) is 17.6 Å². The molecular weight excluding hydrogens is 805 g/mol. The lowest BCUT2D eigenvalue weighted by molar-refractivity contribution is -0.138. The Labute approximate surface area is 355 Å². The molecule has 5 amide bonds. The van der Waals surface area contributed by atoms with Crippen LogP contribution in [-0.4, -0.2) is 98.3 Å². The van der Waals surface area contributed by atoms with Crippen LogP contribution in [0.5, 0.6) is 0 Å². The number of likely N-dealkylation sites (tertiary alicyclic amines) is 1. The number of aromatic amines is 1. The molecule has 0 spiro atoms. The van der Waals surface area contributed by atoms with E-state index in [-0.39, 0.29) is 59.4 Å². The van der Waals surface area contributed by atoms with Gasteiger partial charge in [-0.3, -0.25) is 44.0 Å². The highest BCUT2D eigenvalue weighted by Crippen LogP contribution is 2.45.